The fourth-order valence-electron chi connectivity index (χ4n) is 2.89. The van der Waals surface area contributed by atoms with E-state index >= 15 is 0 Å². The van der Waals surface area contributed by atoms with Crippen molar-refractivity contribution in [2.75, 3.05) is 33.3 Å². The molecule has 1 aliphatic rings. The lowest BCUT2D eigenvalue weighted by atomic mass is 9.96. The summed E-state index contributed by atoms with van der Waals surface area (Å²) in [6.07, 6.45) is 2.61. The van der Waals surface area contributed by atoms with Crippen LogP contribution in [0.5, 0.6) is 5.75 Å². The molecule has 1 N–H and O–H groups in total. The van der Waals surface area contributed by atoms with Crippen LogP contribution in [0, 0.1) is 5.92 Å². The van der Waals surface area contributed by atoms with Gasteiger partial charge >= 0.3 is 0 Å². The molecule has 0 bridgehead atoms. The quantitative estimate of drug-likeness (QED) is 0.864. The Kier molecular flexibility index (Phi) is 5.86. The van der Waals surface area contributed by atoms with Gasteiger partial charge in [0.25, 0.3) is 0 Å². The van der Waals surface area contributed by atoms with E-state index < -0.39 is 0 Å². The number of nitrogens with zero attached hydrogens (tertiary/aromatic N) is 1. The molecule has 1 heterocycles. The summed E-state index contributed by atoms with van der Waals surface area (Å²) >= 11 is 0. The van der Waals surface area contributed by atoms with Crippen molar-refractivity contribution in [1.82, 2.24) is 10.2 Å². The Balaban J connectivity index is 1.89. The third-order valence-electron chi connectivity index (χ3n) is 4.34. The number of benzene rings is 1. The number of hydrogen-bond acceptors (Lipinski definition) is 3. The van der Waals surface area contributed by atoms with Crippen molar-refractivity contribution in [2.24, 2.45) is 5.92 Å². The van der Waals surface area contributed by atoms with Gasteiger partial charge in [-0.25, -0.2) is 0 Å². The molecule has 1 atom stereocenters. The molecule has 3 nitrogen and oxygen atoms in total. The summed E-state index contributed by atoms with van der Waals surface area (Å²) in [5, 5.41) is 3.43. The number of nitrogens with one attached hydrogen (secondary N) is 1. The highest BCUT2D eigenvalue weighted by atomic mass is 16.5. The molecule has 20 heavy (non-hydrogen) atoms. The molecule has 0 aromatic heterocycles. The van der Waals surface area contributed by atoms with E-state index in [2.05, 4.69) is 48.5 Å². The van der Waals surface area contributed by atoms with E-state index in [1.807, 2.05) is 6.92 Å². The molecule has 1 unspecified atom stereocenters. The zero-order valence-corrected chi connectivity index (χ0v) is 13.1. The molecule has 0 aliphatic carbocycles. The molecule has 1 fully saturated rings. The summed E-state index contributed by atoms with van der Waals surface area (Å²) in [6, 6.07) is 8.99. The molecule has 1 aromatic carbocycles. The third kappa shape index (κ3) is 4.22. The predicted molar refractivity (Wildman–Crippen MR) is 84.2 cm³/mol. The Bertz CT molecular complexity index is 384. The van der Waals surface area contributed by atoms with Crippen molar-refractivity contribution in [2.45, 2.75) is 32.7 Å². The second-order valence-electron chi connectivity index (χ2n) is 5.81. The van der Waals surface area contributed by atoms with Crippen molar-refractivity contribution in [3.05, 3.63) is 29.8 Å². The molecule has 112 valence electrons. The van der Waals surface area contributed by atoms with Crippen LogP contribution in [0.2, 0.25) is 0 Å². The smallest absolute Gasteiger partial charge is 0.119 e. The molecular weight excluding hydrogens is 248 g/mol. The minimum absolute atomic E-state index is 0.459. The highest BCUT2D eigenvalue weighted by Gasteiger charge is 2.18. The van der Waals surface area contributed by atoms with E-state index in [1.54, 1.807) is 0 Å². The minimum atomic E-state index is 0.459. The first-order valence-corrected chi connectivity index (χ1v) is 7.84. The molecule has 0 spiro atoms. The van der Waals surface area contributed by atoms with Crippen LogP contribution in [-0.4, -0.2) is 38.2 Å². The first-order valence-electron chi connectivity index (χ1n) is 7.84. The minimum Gasteiger partial charge on any atom is -0.494 e. The standard InChI is InChI=1S/C17H28N2O/c1-4-20-17-7-5-16(6-8-17)14(2)19(3)13-15-9-11-18-12-10-15/h5-8,14-15,18H,4,9-13H2,1-3H3. The van der Waals surface area contributed by atoms with E-state index in [-0.39, 0.29) is 0 Å². The van der Waals surface area contributed by atoms with Gasteiger partial charge in [0.15, 0.2) is 0 Å². The predicted octanol–water partition coefficient (Wildman–Crippen LogP) is 3.08. The number of ether oxygens (including phenoxy) is 1. The molecule has 1 aliphatic heterocycles. The fourth-order valence-corrected chi connectivity index (χ4v) is 2.89. The highest BCUT2D eigenvalue weighted by molar-refractivity contribution is 5.28. The SMILES string of the molecule is CCOc1ccc(C(C)N(C)CC2CCNCC2)cc1. The van der Waals surface area contributed by atoms with Crippen LogP contribution in [0.4, 0.5) is 0 Å². The molecule has 2 rings (SSSR count). The zero-order valence-electron chi connectivity index (χ0n) is 13.1. The van der Waals surface area contributed by atoms with Crippen LogP contribution in [0.3, 0.4) is 0 Å². The monoisotopic (exact) mass is 276 g/mol. The van der Waals surface area contributed by atoms with Crippen LogP contribution in [0.25, 0.3) is 0 Å². The second-order valence-corrected chi connectivity index (χ2v) is 5.81. The van der Waals surface area contributed by atoms with Gasteiger partial charge in [0, 0.05) is 12.6 Å². The maximum Gasteiger partial charge on any atom is 0.119 e. The van der Waals surface area contributed by atoms with Gasteiger partial charge in [-0.15, -0.1) is 0 Å². The van der Waals surface area contributed by atoms with E-state index in [4.69, 9.17) is 4.74 Å². The third-order valence-corrected chi connectivity index (χ3v) is 4.34. The van der Waals surface area contributed by atoms with Crippen molar-refractivity contribution >= 4 is 0 Å². The Morgan fingerprint density at radius 3 is 2.50 bits per heavy atom. The average Bonchev–Trinajstić information content (AvgIpc) is 2.48. The van der Waals surface area contributed by atoms with Crippen molar-refractivity contribution in [3.8, 4) is 5.75 Å². The molecule has 1 saturated heterocycles. The van der Waals surface area contributed by atoms with Gasteiger partial charge in [-0.2, -0.15) is 0 Å². The molecular formula is C17H28N2O. The number of hydrogen-bond donors (Lipinski definition) is 1. The summed E-state index contributed by atoms with van der Waals surface area (Å²) in [7, 11) is 2.24. The van der Waals surface area contributed by atoms with Gasteiger partial charge in [-0.05, 0) is 70.4 Å². The van der Waals surface area contributed by atoms with Gasteiger partial charge in [-0.1, -0.05) is 12.1 Å². The number of rotatable bonds is 6. The summed E-state index contributed by atoms with van der Waals surface area (Å²) in [6.45, 7) is 8.58. The second kappa shape index (κ2) is 7.65. The Morgan fingerprint density at radius 2 is 1.90 bits per heavy atom. The first-order chi connectivity index (χ1) is 9.70. The normalized spacial score (nSPS) is 18.2. The van der Waals surface area contributed by atoms with Crippen LogP contribution in [0.1, 0.15) is 38.3 Å². The lowest BCUT2D eigenvalue weighted by Gasteiger charge is -2.31. The summed E-state index contributed by atoms with van der Waals surface area (Å²) in [5.74, 6) is 1.80. The summed E-state index contributed by atoms with van der Waals surface area (Å²) < 4.78 is 5.50. The molecule has 0 radical (unpaired) electrons. The lowest BCUT2D eigenvalue weighted by molar-refractivity contribution is 0.196. The van der Waals surface area contributed by atoms with Crippen molar-refractivity contribution in [1.29, 1.82) is 0 Å². The maximum atomic E-state index is 5.50. The maximum absolute atomic E-state index is 5.50. The lowest BCUT2D eigenvalue weighted by Crippen LogP contribution is -2.35. The largest absolute Gasteiger partial charge is 0.494 e. The summed E-state index contributed by atoms with van der Waals surface area (Å²) in [4.78, 5) is 2.48. The van der Waals surface area contributed by atoms with E-state index in [0.717, 1.165) is 18.3 Å². The van der Waals surface area contributed by atoms with Gasteiger partial charge in [0.2, 0.25) is 0 Å². The van der Waals surface area contributed by atoms with Gasteiger partial charge in [-0.3, -0.25) is 4.90 Å². The molecule has 1 aromatic rings. The van der Waals surface area contributed by atoms with Crippen LogP contribution >= 0.6 is 0 Å². The van der Waals surface area contributed by atoms with Gasteiger partial charge in [0.05, 0.1) is 6.61 Å². The Hall–Kier alpha value is -1.06. The Morgan fingerprint density at radius 1 is 1.25 bits per heavy atom. The zero-order chi connectivity index (χ0) is 14.4. The van der Waals surface area contributed by atoms with E-state index in [9.17, 15) is 0 Å². The highest BCUT2D eigenvalue weighted by Crippen LogP contribution is 2.24. The van der Waals surface area contributed by atoms with Crippen molar-refractivity contribution in [3.63, 3.8) is 0 Å². The molecule has 3 heteroatoms. The van der Waals surface area contributed by atoms with Crippen LogP contribution < -0.4 is 10.1 Å². The van der Waals surface area contributed by atoms with Gasteiger partial charge in [0.1, 0.15) is 5.75 Å². The average molecular weight is 276 g/mol. The van der Waals surface area contributed by atoms with Gasteiger partial charge < -0.3 is 10.1 Å². The molecule has 0 amide bonds. The molecule has 0 saturated carbocycles. The fraction of sp³-hybridized carbons (Fsp3) is 0.647. The van der Waals surface area contributed by atoms with E-state index in [1.165, 1.54) is 38.0 Å². The number of piperidine rings is 1. The van der Waals surface area contributed by atoms with Crippen LogP contribution in [-0.2, 0) is 0 Å². The van der Waals surface area contributed by atoms with Crippen molar-refractivity contribution < 1.29 is 4.74 Å². The van der Waals surface area contributed by atoms with Crippen LogP contribution in [0.15, 0.2) is 24.3 Å². The first kappa shape index (κ1) is 15.3. The topological polar surface area (TPSA) is 24.5 Å². The van der Waals surface area contributed by atoms with E-state index in [0.29, 0.717) is 6.04 Å². The summed E-state index contributed by atoms with van der Waals surface area (Å²) in [5.41, 5.74) is 1.37. The Labute approximate surface area is 123 Å².